The van der Waals surface area contributed by atoms with Gasteiger partial charge in [-0.2, -0.15) is 13.2 Å². The zero-order valence-electron chi connectivity index (χ0n) is 11.5. The first-order valence-electron chi connectivity index (χ1n) is 6.69. The molecule has 1 fully saturated rings. The van der Waals surface area contributed by atoms with E-state index in [0.29, 0.717) is 25.1 Å². The van der Waals surface area contributed by atoms with Crippen LogP contribution in [0.25, 0.3) is 0 Å². The van der Waals surface area contributed by atoms with Crippen molar-refractivity contribution in [1.82, 2.24) is 4.90 Å². The third-order valence-electron chi connectivity index (χ3n) is 3.78. The number of alkyl halides is 3. The number of carbonyl (C=O) groups is 1. The van der Waals surface area contributed by atoms with E-state index >= 15 is 0 Å². The molecule has 0 radical (unpaired) electrons. The van der Waals surface area contributed by atoms with Crippen molar-refractivity contribution in [2.24, 2.45) is 5.92 Å². The van der Waals surface area contributed by atoms with E-state index in [1.54, 1.807) is 11.0 Å². The molecule has 1 heterocycles. The molecule has 0 aromatic heterocycles. The van der Waals surface area contributed by atoms with E-state index in [0.717, 1.165) is 12.5 Å². The van der Waals surface area contributed by atoms with E-state index in [4.69, 9.17) is 5.73 Å². The van der Waals surface area contributed by atoms with Crippen LogP contribution in [0.2, 0.25) is 0 Å². The molecule has 3 nitrogen and oxygen atoms in total. The number of nitrogen functional groups attached to an aromatic ring is 1. The molecular weight excluding hydrogens is 281 g/mol. The van der Waals surface area contributed by atoms with Gasteiger partial charge in [-0.05, 0) is 36.5 Å². The molecule has 0 aliphatic carbocycles. The van der Waals surface area contributed by atoms with Crippen LogP contribution in [0.4, 0.5) is 18.9 Å². The number of hydrogen-bond donors (Lipinski definition) is 1. The van der Waals surface area contributed by atoms with Gasteiger partial charge in [-0.1, -0.05) is 18.7 Å². The molecule has 0 saturated carbocycles. The van der Waals surface area contributed by atoms with Crippen LogP contribution in [0.15, 0.2) is 30.9 Å². The Morgan fingerprint density at radius 3 is 2.81 bits per heavy atom. The lowest BCUT2D eigenvalue weighted by molar-refractivity contribution is -0.137. The van der Waals surface area contributed by atoms with E-state index in [1.165, 1.54) is 12.1 Å². The number of nitrogens with two attached hydrogens (primary N) is 1. The molecule has 1 amide bonds. The number of nitrogens with zero attached hydrogens (tertiary/aromatic N) is 1. The summed E-state index contributed by atoms with van der Waals surface area (Å²) in [5.74, 6) is -0.0193. The zero-order valence-corrected chi connectivity index (χ0v) is 11.5. The second-order valence-corrected chi connectivity index (χ2v) is 5.22. The van der Waals surface area contributed by atoms with E-state index in [1.807, 2.05) is 0 Å². The van der Waals surface area contributed by atoms with Crippen molar-refractivity contribution in [3.8, 4) is 0 Å². The van der Waals surface area contributed by atoms with Gasteiger partial charge in [0.2, 0.25) is 5.91 Å². The molecule has 1 saturated heterocycles. The number of anilines is 1. The Hall–Kier alpha value is -1.98. The smallest absolute Gasteiger partial charge is 0.398 e. The number of para-hydroxylation sites is 1. The van der Waals surface area contributed by atoms with E-state index in [9.17, 15) is 18.0 Å². The lowest BCUT2D eigenvalue weighted by Gasteiger charge is -2.17. The Morgan fingerprint density at radius 2 is 2.19 bits per heavy atom. The highest BCUT2D eigenvalue weighted by Crippen LogP contribution is 2.36. The minimum atomic E-state index is -4.44. The Labute approximate surface area is 121 Å². The van der Waals surface area contributed by atoms with Gasteiger partial charge in [0.1, 0.15) is 0 Å². The Morgan fingerprint density at radius 1 is 1.48 bits per heavy atom. The van der Waals surface area contributed by atoms with Crippen molar-refractivity contribution in [3.63, 3.8) is 0 Å². The summed E-state index contributed by atoms with van der Waals surface area (Å²) in [7, 11) is 0. The summed E-state index contributed by atoms with van der Waals surface area (Å²) in [4.78, 5) is 13.2. The third-order valence-corrected chi connectivity index (χ3v) is 3.78. The molecule has 1 aliphatic rings. The van der Waals surface area contributed by atoms with Crippen molar-refractivity contribution in [2.45, 2.75) is 19.0 Å². The van der Waals surface area contributed by atoms with E-state index in [-0.39, 0.29) is 17.5 Å². The zero-order chi connectivity index (χ0) is 15.6. The second-order valence-electron chi connectivity index (χ2n) is 5.22. The van der Waals surface area contributed by atoms with Crippen LogP contribution in [0.3, 0.4) is 0 Å². The minimum absolute atomic E-state index is 0.125. The van der Waals surface area contributed by atoms with Crippen molar-refractivity contribution >= 4 is 11.6 Å². The van der Waals surface area contributed by atoms with Crippen LogP contribution < -0.4 is 5.73 Å². The first-order valence-corrected chi connectivity index (χ1v) is 6.69. The fourth-order valence-corrected chi connectivity index (χ4v) is 2.68. The fraction of sp³-hybridized carbons (Fsp3) is 0.400. The van der Waals surface area contributed by atoms with Gasteiger partial charge >= 0.3 is 6.18 Å². The maximum atomic E-state index is 12.8. The third kappa shape index (κ3) is 3.37. The number of amides is 1. The average molecular weight is 298 g/mol. The number of benzene rings is 1. The molecule has 1 aromatic carbocycles. The molecule has 2 rings (SSSR count). The number of carbonyl (C=O) groups excluding carboxylic acids is 1. The van der Waals surface area contributed by atoms with Crippen LogP contribution >= 0.6 is 0 Å². The molecule has 2 N–H and O–H groups in total. The molecule has 1 aromatic rings. The Balaban J connectivity index is 2.11. The van der Waals surface area contributed by atoms with Gasteiger partial charge in [0.05, 0.1) is 5.56 Å². The number of halogens is 3. The highest BCUT2D eigenvalue weighted by Gasteiger charge is 2.34. The number of hydrogen-bond acceptors (Lipinski definition) is 2. The van der Waals surface area contributed by atoms with Crippen molar-refractivity contribution in [3.05, 3.63) is 42.0 Å². The first kappa shape index (κ1) is 15.4. The highest BCUT2D eigenvalue weighted by molar-refractivity contribution is 5.87. The summed E-state index contributed by atoms with van der Waals surface area (Å²) in [5, 5.41) is 0. The summed E-state index contributed by atoms with van der Waals surface area (Å²) in [6.07, 6.45) is -1.99. The van der Waals surface area contributed by atoms with Crippen molar-refractivity contribution in [2.75, 3.05) is 18.8 Å². The largest absolute Gasteiger partial charge is 0.418 e. The van der Waals surface area contributed by atoms with Gasteiger partial charge in [-0.25, -0.2) is 0 Å². The Bertz CT molecular complexity index is 554. The standard InChI is InChI=1S/C15H17F3N2O/c1-2-13(21)20-7-6-10(9-20)8-11-4-3-5-12(14(11)19)15(16,17)18/h2-5,10H,1,6-9,19H2/t10-/m1/s1. The van der Waals surface area contributed by atoms with E-state index < -0.39 is 11.7 Å². The second kappa shape index (κ2) is 5.79. The van der Waals surface area contributed by atoms with Crippen LogP contribution in [0, 0.1) is 5.92 Å². The Kier molecular flexibility index (Phi) is 4.25. The van der Waals surface area contributed by atoms with Crippen LogP contribution in [-0.2, 0) is 17.4 Å². The predicted molar refractivity (Wildman–Crippen MR) is 74.4 cm³/mol. The highest BCUT2D eigenvalue weighted by atomic mass is 19.4. The van der Waals surface area contributed by atoms with Gasteiger partial charge in [-0.15, -0.1) is 0 Å². The quantitative estimate of drug-likeness (QED) is 0.689. The number of likely N-dealkylation sites (tertiary alicyclic amines) is 1. The minimum Gasteiger partial charge on any atom is -0.398 e. The van der Waals surface area contributed by atoms with Crippen molar-refractivity contribution < 1.29 is 18.0 Å². The van der Waals surface area contributed by atoms with Gasteiger partial charge in [-0.3, -0.25) is 4.79 Å². The van der Waals surface area contributed by atoms with Crippen LogP contribution in [0.1, 0.15) is 17.5 Å². The van der Waals surface area contributed by atoms with Gasteiger partial charge < -0.3 is 10.6 Å². The molecule has 114 valence electrons. The molecule has 0 spiro atoms. The van der Waals surface area contributed by atoms with Crippen LogP contribution in [0.5, 0.6) is 0 Å². The molecule has 0 bridgehead atoms. The normalized spacial score (nSPS) is 18.8. The lowest BCUT2D eigenvalue weighted by Crippen LogP contribution is -2.27. The molecule has 0 unspecified atom stereocenters. The summed E-state index contributed by atoms with van der Waals surface area (Å²) >= 11 is 0. The molecular formula is C15H17F3N2O. The maximum absolute atomic E-state index is 12.8. The van der Waals surface area contributed by atoms with Crippen molar-refractivity contribution in [1.29, 1.82) is 0 Å². The predicted octanol–water partition coefficient (Wildman–Crippen LogP) is 2.86. The van der Waals surface area contributed by atoms with Gasteiger partial charge in [0.25, 0.3) is 0 Å². The summed E-state index contributed by atoms with van der Waals surface area (Å²) < 4.78 is 38.4. The average Bonchev–Trinajstić information content (AvgIpc) is 2.87. The summed E-state index contributed by atoms with van der Waals surface area (Å²) in [6.45, 7) is 4.56. The monoisotopic (exact) mass is 298 g/mol. The molecule has 21 heavy (non-hydrogen) atoms. The summed E-state index contributed by atoms with van der Waals surface area (Å²) in [5.41, 5.74) is 5.14. The van der Waals surface area contributed by atoms with Gasteiger partial charge in [0.15, 0.2) is 0 Å². The fourth-order valence-electron chi connectivity index (χ4n) is 2.68. The van der Waals surface area contributed by atoms with E-state index in [2.05, 4.69) is 6.58 Å². The van der Waals surface area contributed by atoms with Gasteiger partial charge in [0, 0.05) is 18.8 Å². The SMILES string of the molecule is C=CC(=O)N1CC[C@H](Cc2cccc(C(F)(F)F)c2N)C1. The maximum Gasteiger partial charge on any atom is 0.418 e. The molecule has 1 atom stereocenters. The topological polar surface area (TPSA) is 46.3 Å². The van der Waals surface area contributed by atoms with Crippen LogP contribution in [-0.4, -0.2) is 23.9 Å². The molecule has 1 aliphatic heterocycles. The first-order chi connectivity index (χ1) is 9.82. The number of rotatable bonds is 3. The lowest BCUT2D eigenvalue weighted by atomic mass is 9.95. The molecule has 6 heteroatoms. The summed E-state index contributed by atoms with van der Waals surface area (Å²) in [6, 6.07) is 3.97.